The van der Waals surface area contributed by atoms with Gasteiger partial charge in [0.1, 0.15) is 11.9 Å². The highest BCUT2D eigenvalue weighted by atomic mass is 79.9. The van der Waals surface area contributed by atoms with E-state index in [4.69, 9.17) is 0 Å². The fraction of sp³-hybridized carbons (Fsp3) is 0.273. The second kappa shape index (κ2) is 4.93. The van der Waals surface area contributed by atoms with Crippen LogP contribution in [0.1, 0.15) is 24.3 Å². The fourth-order valence-corrected chi connectivity index (χ4v) is 2.17. The Morgan fingerprint density at radius 1 is 1.53 bits per heavy atom. The Morgan fingerprint density at radius 2 is 2.29 bits per heavy atom. The van der Waals surface area contributed by atoms with E-state index in [9.17, 15) is 9.50 Å². The van der Waals surface area contributed by atoms with Gasteiger partial charge in [-0.25, -0.2) is 9.07 Å². The molecule has 6 heteroatoms. The maximum absolute atomic E-state index is 13.0. The van der Waals surface area contributed by atoms with Crippen LogP contribution in [0.4, 0.5) is 4.39 Å². The number of aromatic nitrogens is 3. The van der Waals surface area contributed by atoms with E-state index in [0.717, 1.165) is 0 Å². The molecule has 1 atom stereocenters. The van der Waals surface area contributed by atoms with Crippen LogP contribution in [0.2, 0.25) is 0 Å². The second-order valence-electron chi connectivity index (χ2n) is 3.54. The Bertz CT molecular complexity index is 529. The number of halogens is 2. The van der Waals surface area contributed by atoms with Crippen LogP contribution in [-0.4, -0.2) is 20.1 Å². The van der Waals surface area contributed by atoms with Crippen LogP contribution in [-0.2, 0) is 6.54 Å². The molecule has 1 aromatic heterocycles. The van der Waals surface area contributed by atoms with Gasteiger partial charge >= 0.3 is 0 Å². The fourth-order valence-electron chi connectivity index (χ4n) is 1.61. The van der Waals surface area contributed by atoms with Gasteiger partial charge in [-0.2, -0.15) is 0 Å². The van der Waals surface area contributed by atoms with Crippen molar-refractivity contribution in [2.75, 3.05) is 0 Å². The summed E-state index contributed by atoms with van der Waals surface area (Å²) in [4.78, 5) is 0. The number of aliphatic hydroxyl groups is 1. The van der Waals surface area contributed by atoms with Crippen molar-refractivity contribution in [3.8, 4) is 0 Å². The Kier molecular flexibility index (Phi) is 3.54. The average Bonchev–Trinajstić information content (AvgIpc) is 2.76. The Morgan fingerprint density at radius 3 is 2.94 bits per heavy atom. The summed E-state index contributed by atoms with van der Waals surface area (Å²) < 4.78 is 15.1. The zero-order chi connectivity index (χ0) is 12.4. The Hall–Kier alpha value is -1.27. The second-order valence-corrected chi connectivity index (χ2v) is 4.40. The van der Waals surface area contributed by atoms with Gasteiger partial charge in [-0.05, 0) is 19.1 Å². The number of benzene rings is 1. The number of hydrogen-bond acceptors (Lipinski definition) is 3. The van der Waals surface area contributed by atoms with Crippen molar-refractivity contribution in [2.45, 2.75) is 19.6 Å². The van der Waals surface area contributed by atoms with Crippen LogP contribution in [0.15, 0.2) is 28.9 Å². The van der Waals surface area contributed by atoms with Crippen molar-refractivity contribution >= 4 is 15.9 Å². The maximum Gasteiger partial charge on any atom is 0.124 e. The Balaban J connectivity index is 2.40. The van der Waals surface area contributed by atoms with Gasteiger partial charge in [0.25, 0.3) is 0 Å². The molecule has 90 valence electrons. The minimum absolute atomic E-state index is 0.352. The molecule has 4 nitrogen and oxygen atoms in total. The molecule has 2 rings (SSSR count). The van der Waals surface area contributed by atoms with E-state index < -0.39 is 6.10 Å². The van der Waals surface area contributed by atoms with Crippen molar-refractivity contribution in [1.29, 1.82) is 0 Å². The summed E-state index contributed by atoms with van der Waals surface area (Å²) in [6.07, 6.45) is 0.629. The number of nitrogens with zero attached hydrogens (tertiary/aromatic N) is 3. The molecule has 0 aliphatic heterocycles. The Labute approximate surface area is 106 Å². The van der Waals surface area contributed by atoms with Crippen molar-refractivity contribution in [3.05, 3.63) is 45.9 Å². The molecule has 0 saturated carbocycles. The van der Waals surface area contributed by atoms with Crippen LogP contribution >= 0.6 is 15.9 Å². The summed E-state index contributed by atoms with van der Waals surface area (Å²) in [7, 11) is 0. The lowest BCUT2D eigenvalue weighted by Crippen LogP contribution is -2.09. The summed E-state index contributed by atoms with van der Waals surface area (Å²) in [5.41, 5.74) is 1.17. The van der Waals surface area contributed by atoms with Gasteiger partial charge < -0.3 is 5.11 Å². The minimum atomic E-state index is -0.875. The summed E-state index contributed by atoms with van der Waals surface area (Å²) in [5, 5.41) is 17.8. The van der Waals surface area contributed by atoms with Gasteiger partial charge in [-0.15, -0.1) is 5.10 Å². The zero-order valence-corrected chi connectivity index (χ0v) is 10.7. The summed E-state index contributed by atoms with van der Waals surface area (Å²) >= 11 is 3.23. The van der Waals surface area contributed by atoms with Gasteiger partial charge in [0.2, 0.25) is 0 Å². The molecule has 0 saturated heterocycles. The molecule has 0 spiro atoms. The van der Waals surface area contributed by atoms with E-state index in [-0.39, 0.29) is 5.82 Å². The first-order valence-corrected chi connectivity index (χ1v) is 5.94. The monoisotopic (exact) mass is 299 g/mol. The lowest BCUT2D eigenvalue weighted by molar-refractivity contribution is 0.207. The quantitative estimate of drug-likeness (QED) is 0.946. The van der Waals surface area contributed by atoms with E-state index in [1.54, 1.807) is 4.68 Å². The van der Waals surface area contributed by atoms with E-state index in [2.05, 4.69) is 26.2 Å². The largest absolute Gasteiger partial charge is 0.382 e. The van der Waals surface area contributed by atoms with Crippen molar-refractivity contribution in [1.82, 2.24) is 15.0 Å². The summed E-state index contributed by atoms with van der Waals surface area (Å²) in [6.45, 7) is 2.52. The highest BCUT2D eigenvalue weighted by Crippen LogP contribution is 2.28. The van der Waals surface area contributed by atoms with Crippen LogP contribution in [0.3, 0.4) is 0 Å². The zero-order valence-electron chi connectivity index (χ0n) is 9.14. The lowest BCUT2D eigenvalue weighted by Gasteiger charge is -2.13. The maximum atomic E-state index is 13.0. The summed E-state index contributed by atoms with van der Waals surface area (Å²) in [5.74, 6) is -0.352. The molecule has 1 unspecified atom stereocenters. The average molecular weight is 300 g/mol. The number of rotatable bonds is 3. The third kappa shape index (κ3) is 2.37. The van der Waals surface area contributed by atoms with Crippen molar-refractivity contribution < 1.29 is 9.50 Å². The van der Waals surface area contributed by atoms with E-state index in [1.807, 2.05) is 6.92 Å². The standard InChI is InChI=1S/C11H11BrFN3O/c1-2-16-10(6-14-15-16)11(17)8-4-3-7(13)5-9(8)12/h3-6,11,17H,2H2,1H3. The van der Waals surface area contributed by atoms with E-state index >= 15 is 0 Å². The third-order valence-electron chi connectivity index (χ3n) is 2.48. The molecule has 0 radical (unpaired) electrons. The van der Waals surface area contributed by atoms with Crippen molar-refractivity contribution in [3.63, 3.8) is 0 Å². The van der Waals surface area contributed by atoms with Gasteiger partial charge in [0.05, 0.1) is 11.9 Å². The molecule has 0 bridgehead atoms. The SMILES string of the molecule is CCn1nncc1C(O)c1ccc(F)cc1Br. The van der Waals surface area contributed by atoms with Crippen LogP contribution in [0.5, 0.6) is 0 Å². The normalized spacial score (nSPS) is 12.7. The molecule has 2 aromatic rings. The molecule has 0 aliphatic rings. The number of aryl methyl sites for hydroxylation is 1. The smallest absolute Gasteiger partial charge is 0.124 e. The predicted molar refractivity (Wildman–Crippen MR) is 63.9 cm³/mol. The molecular formula is C11H11BrFN3O. The molecule has 1 heterocycles. The van der Waals surface area contributed by atoms with Gasteiger partial charge in [0, 0.05) is 16.6 Å². The first-order chi connectivity index (χ1) is 8.13. The topological polar surface area (TPSA) is 50.9 Å². The first kappa shape index (κ1) is 12.2. The van der Waals surface area contributed by atoms with E-state index in [1.165, 1.54) is 24.4 Å². The van der Waals surface area contributed by atoms with Gasteiger partial charge in [-0.3, -0.25) is 0 Å². The predicted octanol–water partition coefficient (Wildman–Crippen LogP) is 2.28. The van der Waals surface area contributed by atoms with Crippen molar-refractivity contribution in [2.24, 2.45) is 0 Å². The molecule has 0 aliphatic carbocycles. The molecule has 0 amide bonds. The highest BCUT2D eigenvalue weighted by Gasteiger charge is 2.18. The van der Waals surface area contributed by atoms with Gasteiger partial charge in [0.15, 0.2) is 0 Å². The molecule has 17 heavy (non-hydrogen) atoms. The summed E-state index contributed by atoms with van der Waals surface area (Å²) in [6, 6.07) is 4.17. The van der Waals surface area contributed by atoms with Gasteiger partial charge in [-0.1, -0.05) is 27.2 Å². The molecular weight excluding hydrogens is 289 g/mol. The third-order valence-corrected chi connectivity index (χ3v) is 3.17. The van der Waals surface area contributed by atoms with Crippen LogP contribution in [0.25, 0.3) is 0 Å². The van der Waals surface area contributed by atoms with Crippen LogP contribution in [0, 0.1) is 5.82 Å². The molecule has 1 aromatic carbocycles. The lowest BCUT2D eigenvalue weighted by atomic mass is 10.1. The van der Waals surface area contributed by atoms with E-state index in [0.29, 0.717) is 22.3 Å². The molecule has 1 N–H and O–H groups in total. The van der Waals surface area contributed by atoms with Crippen LogP contribution < -0.4 is 0 Å². The molecule has 0 fully saturated rings. The number of hydrogen-bond donors (Lipinski definition) is 1. The number of aliphatic hydroxyl groups excluding tert-OH is 1. The highest BCUT2D eigenvalue weighted by molar-refractivity contribution is 9.10. The first-order valence-electron chi connectivity index (χ1n) is 5.15. The minimum Gasteiger partial charge on any atom is -0.382 e.